The molecule has 244 valence electrons. The lowest BCUT2D eigenvalue weighted by molar-refractivity contribution is 1.17. The summed E-state index contributed by atoms with van der Waals surface area (Å²) in [5.41, 5.74) is 13.3. The van der Waals surface area contributed by atoms with Gasteiger partial charge in [0.25, 0.3) is 6.71 Å². The number of rotatable bonds is 2. The Balaban J connectivity index is 1.15. The van der Waals surface area contributed by atoms with Crippen molar-refractivity contribution in [3.63, 3.8) is 0 Å². The molecule has 9 aromatic rings. The second-order valence-electron chi connectivity index (χ2n) is 14.4. The van der Waals surface area contributed by atoms with Crippen LogP contribution in [0.5, 0.6) is 0 Å². The Labute approximate surface area is 313 Å². The molecule has 6 heterocycles. The first-order chi connectivity index (χ1) is 26.3. The minimum atomic E-state index is -2.80. The summed E-state index contributed by atoms with van der Waals surface area (Å²) in [7, 11) is -2.80. The van der Waals surface area contributed by atoms with Crippen molar-refractivity contribution in [1.29, 1.82) is 0 Å². The fraction of sp³-hybridized carbons (Fsp3) is 0. The Kier molecular flexibility index (Phi) is 6.19. The molecular formula is C46H29B2N3SSi. The summed E-state index contributed by atoms with van der Waals surface area (Å²) in [5, 5.41) is 5.98. The summed E-state index contributed by atoms with van der Waals surface area (Å²) >= 11 is 1.94. The van der Waals surface area contributed by atoms with Gasteiger partial charge < -0.3 is 4.57 Å². The molecule has 53 heavy (non-hydrogen) atoms. The van der Waals surface area contributed by atoms with Crippen LogP contribution in [0.3, 0.4) is 0 Å². The highest BCUT2D eigenvalue weighted by atomic mass is 32.2. The number of benzene rings is 6. The van der Waals surface area contributed by atoms with Crippen LogP contribution >= 0.6 is 11.8 Å². The van der Waals surface area contributed by atoms with Gasteiger partial charge in [0, 0.05) is 27.3 Å². The minimum Gasteiger partial charge on any atom is -0.306 e. The second-order valence-corrected chi connectivity index (χ2v) is 19.1. The minimum absolute atomic E-state index is 0.0247. The van der Waals surface area contributed by atoms with E-state index in [0.717, 1.165) is 33.3 Å². The van der Waals surface area contributed by atoms with Crippen LogP contribution in [0.25, 0.3) is 27.8 Å². The molecule has 0 saturated carbocycles. The lowest BCUT2D eigenvalue weighted by Gasteiger charge is -2.48. The van der Waals surface area contributed by atoms with E-state index in [4.69, 9.17) is 9.97 Å². The zero-order valence-corrected chi connectivity index (χ0v) is 30.5. The van der Waals surface area contributed by atoms with Gasteiger partial charge in [-0.1, -0.05) is 160 Å². The maximum Gasteiger partial charge on any atom is 0.265 e. The first kappa shape index (κ1) is 29.7. The van der Waals surface area contributed by atoms with E-state index in [9.17, 15) is 0 Å². The van der Waals surface area contributed by atoms with Crippen LogP contribution in [0.2, 0.25) is 0 Å². The molecule has 0 aliphatic carbocycles. The maximum absolute atomic E-state index is 5.60. The SMILES string of the molecule is c1ccc(-n2c3cccnc3c3nc(B4c5ccccc5[Si]5(c6ccccc64)c4ccccc4B4c6ccccc6Sc6cccc5c64)ccc32)cc1. The van der Waals surface area contributed by atoms with Crippen LogP contribution < -0.4 is 53.7 Å². The molecule has 0 fully saturated rings. The highest BCUT2D eigenvalue weighted by Gasteiger charge is 2.56. The van der Waals surface area contributed by atoms with Crippen molar-refractivity contribution in [2.24, 2.45) is 0 Å². The molecule has 0 saturated heterocycles. The highest BCUT2D eigenvalue weighted by molar-refractivity contribution is 8.00. The van der Waals surface area contributed by atoms with E-state index in [1.165, 1.54) is 57.9 Å². The van der Waals surface area contributed by atoms with Crippen LogP contribution in [-0.2, 0) is 0 Å². The van der Waals surface area contributed by atoms with E-state index in [2.05, 4.69) is 168 Å². The number of fused-ring (bicyclic) bond motifs is 13. The Morgan fingerprint density at radius 1 is 0.453 bits per heavy atom. The standard InChI is InChI=1S/C46H29B2N3SSi/c1-2-14-30(15-3-1)51-35-20-13-29-49-45(35)46-36(51)27-28-43(50-46)47-32-17-5-9-23-39(32)53(40-24-10-6-18-33(40)47)41-25-11-7-19-34(41)48-31-16-4-8-21-37(31)52-38-22-12-26-42(53)44(38)48/h1-29H. The molecule has 6 aromatic carbocycles. The van der Waals surface area contributed by atoms with Gasteiger partial charge in [0.1, 0.15) is 11.0 Å². The normalized spacial score (nSPS) is 14.4. The molecule has 0 bridgehead atoms. The van der Waals surface area contributed by atoms with Crippen molar-refractivity contribution in [3.05, 3.63) is 176 Å². The summed E-state index contributed by atoms with van der Waals surface area (Å²) in [4.78, 5) is 13.3. The summed E-state index contributed by atoms with van der Waals surface area (Å²) in [6.07, 6.45) is 1.89. The zero-order chi connectivity index (χ0) is 34.7. The summed E-state index contributed by atoms with van der Waals surface area (Å²) < 4.78 is 2.29. The van der Waals surface area contributed by atoms with Crippen molar-refractivity contribution in [3.8, 4) is 5.69 Å². The fourth-order valence-electron chi connectivity index (χ4n) is 10.0. The molecule has 3 aliphatic heterocycles. The van der Waals surface area contributed by atoms with E-state index >= 15 is 0 Å². The molecule has 7 heteroatoms. The van der Waals surface area contributed by atoms with E-state index < -0.39 is 8.07 Å². The molecule has 0 radical (unpaired) electrons. The van der Waals surface area contributed by atoms with Gasteiger partial charge in [0.2, 0.25) is 6.71 Å². The van der Waals surface area contributed by atoms with Gasteiger partial charge in [0.15, 0.2) is 8.07 Å². The molecule has 0 N–H and O–H groups in total. The second kappa shape index (κ2) is 11.1. The number of pyridine rings is 2. The molecule has 0 atom stereocenters. The Hall–Kier alpha value is -5.88. The van der Waals surface area contributed by atoms with Crippen LogP contribution in [0, 0.1) is 0 Å². The number of aromatic nitrogens is 3. The lowest BCUT2D eigenvalue weighted by atomic mass is 9.36. The van der Waals surface area contributed by atoms with Crippen molar-refractivity contribution in [1.82, 2.24) is 14.5 Å². The van der Waals surface area contributed by atoms with E-state index in [0.29, 0.717) is 0 Å². The molecule has 1 spiro atoms. The fourth-order valence-corrected chi connectivity index (χ4v) is 17.1. The quantitative estimate of drug-likeness (QED) is 0.260. The number of para-hydroxylation sites is 1. The summed E-state index contributed by atoms with van der Waals surface area (Å²) in [6, 6.07) is 63.5. The third-order valence-electron chi connectivity index (χ3n) is 11.9. The highest BCUT2D eigenvalue weighted by Crippen LogP contribution is 2.32. The average molecular weight is 706 g/mol. The molecule has 0 amide bonds. The molecule has 12 rings (SSSR count). The predicted octanol–water partition coefficient (Wildman–Crippen LogP) is 3.07. The Bertz CT molecular complexity index is 2930. The first-order valence-electron chi connectivity index (χ1n) is 18.3. The monoisotopic (exact) mass is 705 g/mol. The van der Waals surface area contributed by atoms with E-state index in [1.807, 2.05) is 24.0 Å². The Morgan fingerprint density at radius 3 is 1.77 bits per heavy atom. The number of hydrogen-bond acceptors (Lipinski definition) is 3. The van der Waals surface area contributed by atoms with Crippen LogP contribution in [0.1, 0.15) is 0 Å². The van der Waals surface area contributed by atoms with Gasteiger partial charge in [0.05, 0.1) is 11.0 Å². The molecular weight excluding hydrogens is 676 g/mol. The first-order valence-corrected chi connectivity index (χ1v) is 21.1. The van der Waals surface area contributed by atoms with Crippen molar-refractivity contribution >= 4 is 109 Å². The van der Waals surface area contributed by atoms with Crippen molar-refractivity contribution in [2.45, 2.75) is 9.79 Å². The van der Waals surface area contributed by atoms with Gasteiger partial charge in [-0.2, -0.15) is 0 Å². The van der Waals surface area contributed by atoms with Crippen molar-refractivity contribution < 1.29 is 0 Å². The van der Waals surface area contributed by atoms with E-state index in [-0.39, 0.29) is 13.4 Å². The molecule has 0 unspecified atom stereocenters. The largest absolute Gasteiger partial charge is 0.306 e. The van der Waals surface area contributed by atoms with E-state index in [1.54, 1.807) is 0 Å². The maximum atomic E-state index is 5.60. The van der Waals surface area contributed by atoms with Gasteiger partial charge >= 0.3 is 0 Å². The van der Waals surface area contributed by atoms with Gasteiger partial charge in [-0.15, -0.1) is 0 Å². The number of hydrogen-bond donors (Lipinski definition) is 0. The lowest BCUT2D eigenvalue weighted by Crippen LogP contribution is -2.93. The van der Waals surface area contributed by atoms with Gasteiger partial charge in [-0.05, 0) is 69.3 Å². The number of nitrogens with zero attached hydrogens (tertiary/aromatic N) is 3. The van der Waals surface area contributed by atoms with Gasteiger partial charge in [-0.25, -0.2) is 0 Å². The molecule has 3 aromatic heterocycles. The molecule has 3 aliphatic rings. The van der Waals surface area contributed by atoms with Crippen LogP contribution in [0.15, 0.2) is 186 Å². The summed E-state index contributed by atoms with van der Waals surface area (Å²) in [6.45, 7) is 0.187. The molecule has 3 nitrogen and oxygen atoms in total. The Morgan fingerprint density at radius 2 is 1.04 bits per heavy atom. The average Bonchev–Trinajstić information content (AvgIpc) is 3.56. The zero-order valence-electron chi connectivity index (χ0n) is 28.6. The van der Waals surface area contributed by atoms with Crippen LogP contribution in [0.4, 0.5) is 0 Å². The third kappa shape index (κ3) is 3.88. The van der Waals surface area contributed by atoms with Crippen molar-refractivity contribution in [2.75, 3.05) is 0 Å². The smallest absolute Gasteiger partial charge is 0.265 e. The predicted molar refractivity (Wildman–Crippen MR) is 226 cm³/mol. The van der Waals surface area contributed by atoms with Gasteiger partial charge in [-0.3, -0.25) is 9.97 Å². The topological polar surface area (TPSA) is 30.7 Å². The third-order valence-corrected chi connectivity index (χ3v) is 18.1. The van der Waals surface area contributed by atoms with Crippen LogP contribution in [-0.4, -0.2) is 36.0 Å². The summed E-state index contributed by atoms with van der Waals surface area (Å²) in [5.74, 6) is 0.